The zero-order chi connectivity index (χ0) is 27.2. The van der Waals surface area contributed by atoms with Gasteiger partial charge in [0.25, 0.3) is 5.88 Å². The number of ether oxygens (including phenoxy) is 1. The van der Waals surface area contributed by atoms with Gasteiger partial charge in [-0.2, -0.15) is 13.0 Å². The van der Waals surface area contributed by atoms with Crippen molar-refractivity contribution in [1.82, 2.24) is 0 Å². The summed E-state index contributed by atoms with van der Waals surface area (Å²) in [5, 5.41) is 2.59. The molecule has 1 aromatic heterocycles. The summed E-state index contributed by atoms with van der Waals surface area (Å²) in [5.74, 6) is -1.07. The Morgan fingerprint density at radius 3 is 2.63 bits per heavy atom. The molecule has 0 unspecified atom stereocenters. The molecule has 0 radical (unpaired) electrons. The Labute approximate surface area is 228 Å². The lowest BCUT2D eigenvalue weighted by atomic mass is 10.1. The molecule has 198 valence electrons. The third-order valence-corrected chi connectivity index (χ3v) is 8.54. The molecule has 5 rings (SSSR count). The molecule has 0 spiro atoms. The van der Waals surface area contributed by atoms with Gasteiger partial charge in [-0.3, -0.25) is 9.45 Å². The highest BCUT2D eigenvalue weighted by Gasteiger charge is 2.31. The van der Waals surface area contributed by atoms with Gasteiger partial charge in [-0.1, -0.05) is 65.9 Å². The van der Waals surface area contributed by atoms with Crippen LogP contribution < -0.4 is 14.2 Å². The molecule has 0 fully saturated rings. The number of rotatable bonds is 7. The highest BCUT2D eigenvalue weighted by Crippen LogP contribution is 2.44. The third-order valence-electron chi connectivity index (χ3n) is 5.98. The molecule has 1 aliphatic heterocycles. The van der Waals surface area contributed by atoms with Gasteiger partial charge in [-0.05, 0) is 35.6 Å². The van der Waals surface area contributed by atoms with Crippen molar-refractivity contribution >= 4 is 69.9 Å². The maximum atomic E-state index is 11.8. The minimum Gasteiger partial charge on any atom is -0.747 e. The van der Waals surface area contributed by atoms with Crippen molar-refractivity contribution in [3.8, 4) is 5.75 Å². The van der Waals surface area contributed by atoms with Crippen LogP contribution in [0.5, 0.6) is 5.75 Å². The number of hydrogen-bond donors (Lipinski definition) is 1. The summed E-state index contributed by atoms with van der Waals surface area (Å²) >= 11 is 7.47. The molecule has 0 amide bonds. The summed E-state index contributed by atoms with van der Waals surface area (Å²) in [7, 11) is -9.05. The van der Waals surface area contributed by atoms with Crippen LogP contribution in [0.15, 0.2) is 71.8 Å². The summed E-state index contributed by atoms with van der Waals surface area (Å²) in [5.41, 5.74) is 4.80. The lowest BCUT2D eigenvalue weighted by Gasteiger charge is -2.20. The van der Waals surface area contributed by atoms with Crippen LogP contribution in [0.3, 0.4) is 0 Å². The normalized spacial score (nSPS) is 13.6. The van der Waals surface area contributed by atoms with Crippen molar-refractivity contribution in [3.05, 3.63) is 81.8 Å². The van der Waals surface area contributed by atoms with E-state index in [1.54, 1.807) is 24.3 Å². The van der Waals surface area contributed by atoms with Gasteiger partial charge in [0.1, 0.15) is 20.7 Å². The second-order valence-electron chi connectivity index (χ2n) is 8.66. The fourth-order valence-electron chi connectivity index (χ4n) is 4.36. The van der Waals surface area contributed by atoms with Gasteiger partial charge in [-0.25, -0.2) is 8.42 Å². The molecule has 38 heavy (non-hydrogen) atoms. The van der Waals surface area contributed by atoms with E-state index >= 15 is 0 Å². The predicted octanol–water partition coefficient (Wildman–Crippen LogP) is 4.56. The number of nitrogens with zero attached hydrogens (tertiary/aromatic N) is 2. The first-order valence-electron chi connectivity index (χ1n) is 11.4. The van der Waals surface area contributed by atoms with E-state index in [1.807, 2.05) is 37.3 Å². The largest absolute Gasteiger partial charge is 0.747 e. The van der Waals surface area contributed by atoms with Gasteiger partial charge in [-0.15, -0.1) is 0 Å². The van der Waals surface area contributed by atoms with E-state index < -0.39 is 32.0 Å². The monoisotopic (exact) mass is 592 g/mol. The molecule has 1 N–H and O–H groups in total. The van der Waals surface area contributed by atoms with Crippen molar-refractivity contribution < 1.29 is 35.2 Å². The number of benzene rings is 3. The van der Waals surface area contributed by atoms with Gasteiger partial charge in [0.2, 0.25) is 16.4 Å². The molecule has 0 saturated heterocycles. The Morgan fingerprint density at radius 2 is 1.92 bits per heavy atom. The van der Waals surface area contributed by atoms with Crippen LogP contribution >= 0.6 is 22.9 Å². The Balaban J connectivity index is 1.65. The second-order valence-corrected chi connectivity index (χ2v) is 13.0. The number of aromatic nitrogens is 1. The number of halogens is 1. The Bertz CT molecular complexity index is 1880. The predicted molar refractivity (Wildman–Crippen MR) is 145 cm³/mol. The molecule has 4 aromatic rings. The zero-order valence-electron chi connectivity index (χ0n) is 19.9. The Hall–Kier alpha value is -2.96. The van der Waals surface area contributed by atoms with Crippen molar-refractivity contribution in [2.45, 2.75) is 25.6 Å². The quantitative estimate of drug-likeness (QED) is 0.188. The van der Waals surface area contributed by atoms with Gasteiger partial charge < -0.3 is 9.29 Å². The average molecular weight is 593 g/mol. The molecule has 0 aliphatic carbocycles. The van der Waals surface area contributed by atoms with Crippen LogP contribution in [0.25, 0.3) is 21.0 Å². The smallest absolute Gasteiger partial charge is 0.326 e. The summed E-state index contributed by atoms with van der Waals surface area (Å²) in [4.78, 5) is 1.30. The molecule has 0 atom stereocenters. The summed E-state index contributed by atoms with van der Waals surface area (Å²) in [6.45, 7) is 1.87. The third kappa shape index (κ3) is 5.57. The number of fused-ring (bicyclic) bond motifs is 4. The lowest BCUT2D eigenvalue weighted by Crippen LogP contribution is -2.40. The molecule has 0 bridgehead atoms. The molecule has 13 heteroatoms. The fraction of sp³-hybridized carbons (Fsp3) is 0.200. The first kappa shape index (κ1) is 26.6. The first-order valence-corrected chi connectivity index (χ1v) is 15.8. The average Bonchev–Trinajstić information content (AvgIpc) is 3.34. The molecule has 9 nitrogen and oxygen atoms in total. The van der Waals surface area contributed by atoms with E-state index in [1.165, 1.54) is 20.8 Å². The van der Waals surface area contributed by atoms with E-state index in [9.17, 15) is 25.9 Å². The van der Waals surface area contributed by atoms with Crippen LogP contribution in [0.2, 0.25) is 5.02 Å². The van der Waals surface area contributed by atoms with Gasteiger partial charge in [0.15, 0.2) is 5.75 Å². The minimum absolute atomic E-state index is 0.0538. The first-order chi connectivity index (χ1) is 17.9. The molecular weight excluding hydrogens is 572 g/mol. The summed E-state index contributed by atoms with van der Waals surface area (Å²) in [6, 6.07) is 16.0. The van der Waals surface area contributed by atoms with Crippen molar-refractivity contribution in [1.29, 1.82) is 0 Å². The summed E-state index contributed by atoms with van der Waals surface area (Å²) < 4.78 is 76.9. The SMILES string of the molecule is CCC(=C=C1Oc2ccc3ccccc3c2N1CS(=O)(=O)[O-])Cc1sc2ccc(Cl)cc2[n+]1CS(=O)(=O)O. The number of allylic oxidation sites excluding steroid dienone is 1. The maximum Gasteiger partial charge on any atom is 0.326 e. The summed E-state index contributed by atoms with van der Waals surface area (Å²) in [6.07, 6.45) is 0.688. The molecular formula is C25H21ClN2O7S3. The van der Waals surface area contributed by atoms with E-state index in [0.29, 0.717) is 39.0 Å². The standard InChI is InChI=1S/C25H21ClN2O7S3/c1-2-16(12-24-27(14-37(29,30)31)20-13-18(26)8-10-22(20)36-24)11-23-28(15-38(32,33)34)25-19-6-4-3-5-17(19)7-9-21(25)35-23/h3-10,13H,2,12,14-15H2,1H3,(H-,29,30,31,32,33,34). The maximum absolute atomic E-state index is 11.8. The zero-order valence-corrected chi connectivity index (χ0v) is 23.1. The van der Waals surface area contributed by atoms with Crippen LogP contribution in [0, 0.1) is 0 Å². The van der Waals surface area contributed by atoms with Crippen LogP contribution in [0.4, 0.5) is 5.69 Å². The Kier molecular flexibility index (Phi) is 6.99. The second kappa shape index (κ2) is 9.97. The van der Waals surface area contributed by atoms with Crippen LogP contribution in [-0.2, 0) is 32.5 Å². The van der Waals surface area contributed by atoms with Gasteiger partial charge >= 0.3 is 10.1 Å². The molecule has 1 aliphatic rings. The number of hydrogen-bond acceptors (Lipinski definition) is 8. The lowest BCUT2D eigenvalue weighted by molar-refractivity contribution is -0.654. The number of thiazole rings is 1. The Morgan fingerprint density at radius 1 is 1.16 bits per heavy atom. The van der Waals surface area contributed by atoms with E-state index in [2.05, 4.69) is 5.73 Å². The van der Waals surface area contributed by atoms with Crippen LogP contribution in [0.1, 0.15) is 18.4 Å². The van der Waals surface area contributed by atoms with Crippen molar-refractivity contribution in [2.24, 2.45) is 0 Å². The minimum atomic E-state index is -4.68. The molecule has 3 aromatic carbocycles. The van der Waals surface area contributed by atoms with Gasteiger partial charge in [0.05, 0.1) is 12.1 Å². The fourth-order valence-corrected chi connectivity index (χ4v) is 6.98. The molecule has 2 heterocycles. The highest BCUT2D eigenvalue weighted by molar-refractivity contribution is 7.85. The van der Waals surface area contributed by atoms with E-state index in [0.717, 1.165) is 15.5 Å². The van der Waals surface area contributed by atoms with Crippen molar-refractivity contribution in [3.63, 3.8) is 0 Å². The number of anilines is 1. The van der Waals surface area contributed by atoms with Crippen molar-refractivity contribution in [2.75, 3.05) is 10.8 Å². The van der Waals surface area contributed by atoms with E-state index in [4.69, 9.17) is 16.3 Å². The molecule has 0 saturated carbocycles. The van der Waals surface area contributed by atoms with Crippen LogP contribution in [-0.4, -0.2) is 31.8 Å². The highest BCUT2D eigenvalue weighted by atomic mass is 35.5. The van der Waals surface area contributed by atoms with Gasteiger partial charge in [0, 0.05) is 16.5 Å². The van der Waals surface area contributed by atoms with E-state index in [-0.39, 0.29) is 12.3 Å². The topological polar surface area (TPSA) is 128 Å².